The van der Waals surface area contributed by atoms with Crippen molar-refractivity contribution in [3.05, 3.63) is 46.8 Å². The van der Waals surface area contributed by atoms with Crippen LogP contribution in [0, 0.1) is 33.5 Å². The summed E-state index contributed by atoms with van der Waals surface area (Å²) in [6.45, 7) is 10.2. The lowest BCUT2D eigenvalue weighted by atomic mass is 10.1. The first-order valence-corrected chi connectivity index (χ1v) is 7.69. The molecule has 0 amide bonds. The first-order chi connectivity index (χ1) is 11.0. The van der Waals surface area contributed by atoms with Crippen molar-refractivity contribution in [1.29, 1.82) is 0 Å². The lowest BCUT2D eigenvalue weighted by Crippen LogP contribution is -2.03. The van der Waals surface area contributed by atoms with Crippen LogP contribution in [0.25, 0.3) is 16.5 Å². The predicted octanol–water partition coefficient (Wildman–Crippen LogP) is 4.19. The number of benzene rings is 1. The molecule has 0 aliphatic rings. The third-order valence-corrected chi connectivity index (χ3v) is 4.19. The third-order valence-electron chi connectivity index (χ3n) is 4.19. The maximum Gasteiger partial charge on any atom is 0.150 e. The molecule has 5 heteroatoms. The highest BCUT2D eigenvalue weighted by Crippen LogP contribution is 2.33. The van der Waals surface area contributed by atoms with Crippen molar-refractivity contribution < 1.29 is 9.13 Å². The van der Waals surface area contributed by atoms with E-state index in [9.17, 15) is 4.39 Å². The summed E-state index contributed by atoms with van der Waals surface area (Å²) in [5.74, 6) is 0.232. The quantitative estimate of drug-likeness (QED) is 0.728. The molecule has 120 valence electrons. The standard InChI is InChI=1S/C18H20FN3O/c1-6-23-14-7-8-16(15(19)9-14)22-12(4)17-10(2)20-21-11(3)18(17)13(22)5/h7-9H,6H2,1-5H3. The van der Waals surface area contributed by atoms with Crippen LogP contribution >= 0.6 is 0 Å². The van der Waals surface area contributed by atoms with Gasteiger partial charge in [-0.15, -0.1) is 0 Å². The summed E-state index contributed by atoms with van der Waals surface area (Å²) in [7, 11) is 0. The van der Waals surface area contributed by atoms with Crippen molar-refractivity contribution in [2.75, 3.05) is 6.61 Å². The Labute approximate surface area is 134 Å². The van der Waals surface area contributed by atoms with E-state index < -0.39 is 0 Å². The number of hydrogen-bond acceptors (Lipinski definition) is 3. The zero-order valence-electron chi connectivity index (χ0n) is 14.1. The van der Waals surface area contributed by atoms with Gasteiger partial charge in [0.25, 0.3) is 0 Å². The first kappa shape index (κ1) is 15.5. The summed E-state index contributed by atoms with van der Waals surface area (Å²) < 4.78 is 21.9. The number of nitrogens with zero attached hydrogens (tertiary/aromatic N) is 3. The highest BCUT2D eigenvalue weighted by molar-refractivity contribution is 5.92. The third kappa shape index (κ3) is 2.36. The lowest BCUT2D eigenvalue weighted by molar-refractivity contribution is 0.338. The van der Waals surface area contributed by atoms with Crippen LogP contribution in [-0.4, -0.2) is 21.4 Å². The van der Waals surface area contributed by atoms with Crippen LogP contribution in [0.2, 0.25) is 0 Å². The fourth-order valence-corrected chi connectivity index (χ4v) is 3.26. The number of fused-ring (bicyclic) bond motifs is 1. The molecule has 0 unspecified atom stereocenters. The normalized spacial score (nSPS) is 11.2. The van der Waals surface area contributed by atoms with Crippen LogP contribution < -0.4 is 4.74 Å². The predicted molar refractivity (Wildman–Crippen MR) is 88.9 cm³/mol. The van der Waals surface area contributed by atoms with Gasteiger partial charge in [-0.2, -0.15) is 10.2 Å². The molecule has 0 aliphatic heterocycles. The molecule has 0 saturated heterocycles. The molecule has 0 bridgehead atoms. The Morgan fingerprint density at radius 1 is 1.00 bits per heavy atom. The number of rotatable bonds is 3. The molecular formula is C18H20FN3O. The average molecular weight is 313 g/mol. The zero-order valence-corrected chi connectivity index (χ0v) is 14.1. The van der Waals surface area contributed by atoms with Crippen LogP contribution in [0.15, 0.2) is 18.2 Å². The highest BCUT2D eigenvalue weighted by Gasteiger charge is 2.19. The summed E-state index contributed by atoms with van der Waals surface area (Å²) in [5, 5.41) is 10.5. The molecule has 3 aromatic rings. The van der Waals surface area contributed by atoms with Gasteiger partial charge in [0.05, 0.1) is 23.7 Å². The molecular weight excluding hydrogens is 293 g/mol. The van der Waals surface area contributed by atoms with E-state index in [2.05, 4.69) is 10.2 Å². The number of aromatic nitrogens is 3. The lowest BCUT2D eigenvalue weighted by Gasteiger charge is -2.12. The second-order valence-electron chi connectivity index (χ2n) is 5.67. The second-order valence-corrected chi connectivity index (χ2v) is 5.67. The summed E-state index contributed by atoms with van der Waals surface area (Å²) in [6.07, 6.45) is 0. The van der Waals surface area contributed by atoms with E-state index in [1.54, 1.807) is 12.1 Å². The van der Waals surface area contributed by atoms with Crippen LogP contribution in [-0.2, 0) is 0 Å². The molecule has 0 N–H and O–H groups in total. The van der Waals surface area contributed by atoms with Crippen molar-refractivity contribution in [3.8, 4) is 11.4 Å². The van der Waals surface area contributed by atoms with Crippen LogP contribution in [0.5, 0.6) is 5.75 Å². The Morgan fingerprint density at radius 3 is 2.04 bits per heavy atom. The summed E-state index contributed by atoms with van der Waals surface area (Å²) >= 11 is 0. The van der Waals surface area contributed by atoms with Crippen LogP contribution in [0.3, 0.4) is 0 Å². The van der Waals surface area contributed by atoms with Crippen LogP contribution in [0.4, 0.5) is 4.39 Å². The fraction of sp³-hybridized carbons (Fsp3) is 0.333. The summed E-state index contributed by atoms with van der Waals surface area (Å²) in [5.41, 5.74) is 4.16. The number of aryl methyl sites for hydroxylation is 4. The van der Waals surface area contributed by atoms with E-state index in [0.717, 1.165) is 33.5 Å². The molecule has 4 nitrogen and oxygen atoms in total. The summed E-state index contributed by atoms with van der Waals surface area (Å²) in [4.78, 5) is 0. The average Bonchev–Trinajstić information content (AvgIpc) is 2.77. The van der Waals surface area contributed by atoms with Crippen molar-refractivity contribution in [2.45, 2.75) is 34.6 Å². The maximum absolute atomic E-state index is 14.6. The van der Waals surface area contributed by atoms with Gasteiger partial charge in [0.15, 0.2) is 5.82 Å². The van der Waals surface area contributed by atoms with E-state index in [4.69, 9.17) is 4.74 Å². The minimum Gasteiger partial charge on any atom is -0.494 e. The molecule has 2 heterocycles. The van der Waals surface area contributed by atoms with Gasteiger partial charge >= 0.3 is 0 Å². The van der Waals surface area contributed by atoms with Crippen LogP contribution in [0.1, 0.15) is 29.7 Å². The molecule has 3 rings (SSSR count). The second kappa shape index (κ2) is 5.65. The molecule has 0 aliphatic carbocycles. The number of halogens is 1. The molecule has 23 heavy (non-hydrogen) atoms. The molecule has 0 fully saturated rings. The number of ether oxygens (including phenoxy) is 1. The van der Waals surface area contributed by atoms with Gasteiger partial charge in [-0.3, -0.25) is 0 Å². The molecule has 0 saturated carbocycles. The number of hydrogen-bond donors (Lipinski definition) is 0. The van der Waals surface area contributed by atoms with E-state index in [1.165, 1.54) is 6.07 Å². The molecule has 1 aromatic carbocycles. The smallest absolute Gasteiger partial charge is 0.150 e. The van der Waals surface area contributed by atoms with Gasteiger partial charge < -0.3 is 9.30 Å². The van der Waals surface area contributed by atoms with Crippen molar-refractivity contribution in [3.63, 3.8) is 0 Å². The largest absolute Gasteiger partial charge is 0.494 e. The van der Waals surface area contributed by atoms with Gasteiger partial charge in [0.1, 0.15) is 5.75 Å². The van der Waals surface area contributed by atoms with Crippen molar-refractivity contribution >= 4 is 10.8 Å². The Bertz CT molecular complexity index is 854. The van der Waals surface area contributed by atoms with Gasteiger partial charge in [-0.05, 0) is 46.8 Å². The SMILES string of the molecule is CCOc1ccc(-n2c(C)c3c(C)nnc(C)c3c2C)c(F)c1. The van der Waals surface area contributed by atoms with Gasteiger partial charge in [-0.25, -0.2) is 4.39 Å². The fourth-order valence-electron chi connectivity index (χ4n) is 3.26. The Kier molecular flexibility index (Phi) is 3.80. The van der Waals surface area contributed by atoms with E-state index >= 15 is 0 Å². The molecule has 2 aromatic heterocycles. The van der Waals surface area contributed by atoms with Crippen molar-refractivity contribution in [1.82, 2.24) is 14.8 Å². The topological polar surface area (TPSA) is 39.9 Å². The van der Waals surface area contributed by atoms with E-state index in [1.807, 2.05) is 39.2 Å². The van der Waals surface area contributed by atoms with Gasteiger partial charge in [-0.1, -0.05) is 0 Å². The van der Waals surface area contributed by atoms with E-state index in [0.29, 0.717) is 18.0 Å². The van der Waals surface area contributed by atoms with Gasteiger partial charge in [0.2, 0.25) is 0 Å². The Morgan fingerprint density at radius 2 is 1.57 bits per heavy atom. The maximum atomic E-state index is 14.6. The zero-order chi connectivity index (χ0) is 16.7. The monoisotopic (exact) mass is 313 g/mol. The molecule has 0 radical (unpaired) electrons. The Hall–Kier alpha value is -2.43. The van der Waals surface area contributed by atoms with Crippen molar-refractivity contribution in [2.24, 2.45) is 0 Å². The highest BCUT2D eigenvalue weighted by atomic mass is 19.1. The summed E-state index contributed by atoms with van der Waals surface area (Å²) in [6, 6.07) is 4.98. The minimum atomic E-state index is -0.307. The first-order valence-electron chi connectivity index (χ1n) is 7.69. The minimum absolute atomic E-state index is 0.307. The van der Waals surface area contributed by atoms with Gasteiger partial charge in [0, 0.05) is 28.2 Å². The Balaban J connectivity index is 2.29. The molecule has 0 spiro atoms. The van der Waals surface area contributed by atoms with E-state index in [-0.39, 0.29) is 5.82 Å². The molecule has 0 atom stereocenters.